The number of unbranched alkanes of at least 4 members (excludes halogenated alkanes) is 2. The second kappa shape index (κ2) is 10.1. The fourth-order valence-corrected chi connectivity index (χ4v) is 3.35. The molecular weight excluding hydrogens is 362 g/mol. The number of esters is 1. The number of hydrogen-bond acceptors (Lipinski definition) is 5. The van der Waals surface area contributed by atoms with E-state index in [1.165, 1.54) is 24.0 Å². The van der Waals surface area contributed by atoms with Gasteiger partial charge in [0.05, 0.1) is 13.7 Å². The van der Waals surface area contributed by atoms with Gasteiger partial charge in [0.1, 0.15) is 5.01 Å². The molecule has 1 N–H and O–H groups in total. The van der Waals surface area contributed by atoms with Crippen molar-refractivity contribution in [3.63, 3.8) is 0 Å². The summed E-state index contributed by atoms with van der Waals surface area (Å²) in [7, 11) is 1.33. The van der Waals surface area contributed by atoms with Crippen LogP contribution in [0.3, 0.4) is 0 Å². The van der Waals surface area contributed by atoms with Crippen LogP contribution in [0.15, 0.2) is 23.6 Å². The van der Waals surface area contributed by atoms with Crippen LogP contribution in [-0.4, -0.2) is 35.5 Å². The Kier molecular flexibility index (Phi) is 7.79. The maximum atomic E-state index is 12.8. The third-order valence-electron chi connectivity index (χ3n) is 4.35. The van der Waals surface area contributed by atoms with Gasteiger partial charge in [-0.05, 0) is 43.5 Å². The first kappa shape index (κ1) is 20.9. The molecule has 0 fully saturated rings. The van der Waals surface area contributed by atoms with Crippen molar-refractivity contribution in [1.29, 1.82) is 0 Å². The van der Waals surface area contributed by atoms with E-state index in [0.717, 1.165) is 30.5 Å². The van der Waals surface area contributed by atoms with Gasteiger partial charge < -0.3 is 15.0 Å². The lowest BCUT2D eigenvalue weighted by molar-refractivity contribution is 0.0594. The van der Waals surface area contributed by atoms with Crippen LogP contribution in [0.5, 0.6) is 0 Å². The number of nitrogens with one attached hydrogen (secondary N) is 1. The highest BCUT2D eigenvalue weighted by atomic mass is 32.1. The lowest BCUT2D eigenvalue weighted by Gasteiger charge is -2.22. The second-order valence-corrected chi connectivity index (χ2v) is 7.42. The van der Waals surface area contributed by atoms with Gasteiger partial charge in [-0.25, -0.2) is 14.6 Å². The summed E-state index contributed by atoms with van der Waals surface area (Å²) in [4.78, 5) is 30.4. The number of nitrogens with zero attached hydrogens (tertiary/aromatic N) is 2. The third-order valence-corrected chi connectivity index (χ3v) is 5.18. The van der Waals surface area contributed by atoms with Gasteiger partial charge in [-0.15, -0.1) is 11.3 Å². The van der Waals surface area contributed by atoms with Crippen LogP contribution in [0.2, 0.25) is 0 Å². The first-order valence-corrected chi connectivity index (χ1v) is 9.98. The number of aromatic nitrogens is 1. The Morgan fingerprint density at radius 3 is 2.67 bits per heavy atom. The van der Waals surface area contributed by atoms with Gasteiger partial charge in [-0.1, -0.05) is 25.8 Å². The van der Waals surface area contributed by atoms with Crippen molar-refractivity contribution in [2.24, 2.45) is 0 Å². The highest BCUT2D eigenvalue weighted by Crippen LogP contribution is 2.17. The number of rotatable bonds is 8. The average molecular weight is 390 g/mol. The molecule has 0 spiro atoms. The van der Waals surface area contributed by atoms with Crippen molar-refractivity contribution in [2.75, 3.05) is 19.0 Å². The van der Waals surface area contributed by atoms with Gasteiger partial charge in [0, 0.05) is 17.6 Å². The number of methoxy groups -OCH3 is 1. The molecule has 0 bridgehead atoms. The van der Waals surface area contributed by atoms with Crippen molar-refractivity contribution in [3.05, 3.63) is 45.4 Å². The fraction of sp³-hybridized carbons (Fsp3) is 0.450. The summed E-state index contributed by atoms with van der Waals surface area (Å²) in [5, 5.41) is 5.34. The van der Waals surface area contributed by atoms with E-state index >= 15 is 0 Å². The Bertz CT molecular complexity index is 789. The van der Waals surface area contributed by atoms with E-state index in [0.29, 0.717) is 18.1 Å². The summed E-state index contributed by atoms with van der Waals surface area (Å²) in [5.74, 6) is -0.463. The molecule has 0 radical (unpaired) electrons. The van der Waals surface area contributed by atoms with Gasteiger partial charge in [-0.3, -0.25) is 0 Å². The monoisotopic (exact) mass is 389 g/mol. The Hall–Kier alpha value is -2.41. The zero-order chi connectivity index (χ0) is 19.8. The van der Waals surface area contributed by atoms with E-state index in [-0.39, 0.29) is 11.7 Å². The highest BCUT2D eigenvalue weighted by molar-refractivity contribution is 7.09. The molecule has 2 aromatic rings. The second-order valence-electron chi connectivity index (χ2n) is 6.48. The van der Waals surface area contributed by atoms with E-state index in [1.54, 1.807) is 10.3 Å². The molecule has 0 unspecified atom stereocenters. The number of hydrogen-bond donors (Lipinski definition) is 1. The molecule has 2 rings (SSSR count). The molecule has 146 valence electrons. The number of aryl methyl sites for hydroxylation is 2. The van der Waals surface area contributed by atoms with E-state index in [4.69, 9.17) is 4.74 Å². The Morgan fingerprint density at radius 2 is 2.00 bits per heavy atom. The third kappa shape index (κ3) is 6.06. The first-order valence-electron chi connectivity index (χ1n) is 9.10. The van der Waals surface area contributed by atoms with Crippen molar-refractivity contribution < 1.29 is 14.3 Å². The van der Waals surface area contributed by atoms with Gasteiger partial charge >= 0.3 is 12.0 Å². The van der Waals surface area contributed by atoms with E-state index in [1.807, 2.05) is 32.0 Å². The number of thiazole rings is 1. The maximum absolute atomic E-state index is 12.8. The van der Waals surface area contributed by atoms with E-state index in [2.05, 4.69) is 17.2 Å². The van der Waals surface area contributed by atoms with Crippen molar-refractivity contribution in [3.8, 4) is 0 Å². The van der Waals surface area contributed by atoms with Crippen LogP contribution in [0, 0.1) is 13.8 Å². The maximum Gasteiger partial charge on any atom is 0.357 e. The van der Waals surface area contributed by atoms with Crippen LogP contribution in [0.4, 0.5) is 10.5 Å². The smallest absolute Gasteiger partial charge is 0.357 e. The molecule has 0 saturated carbocycles. The van der Waals surface area contributed by atoms with E-state index in [9.17, 15) is 9.59 Å². The van der Waals surface area contributed by atoms with Crippen LogP contribution < -0.4 is 5.32 Å². The number of carbonyl (C=O) groups excluding carboxylic acids is 2. The highest BCUT2D eigenvalue weighted by Gasteiger charge is 2.18. The molecule has 7 heteroatoms. The minimum Gasteiger partial charge on any atom is -0.464 e. The molecule has 27 heavy (non-hydrogen) atoms. The largest absolute Gasteiger partial charge is 0.464 e. The summed E-state index contributed by atoms with van der Waals surface area (Å²) in [6.45, 7) is 7.19. The number of amides is 2. The summed E-state index contributed by atoms with van der Waals surface area (Å²) in [5.41, 5.74) is 3.37. The Morgan fingerprint density at radius 1 is 1.22 bits per heavy atom. The average Bonchev–Trinajstić information content (AvgIpc) is 3.12. The van der Waals surface area contributed by atoms with Crippen LogP contribution in [-0.2, 0) is 11.3 Å². The van der Waals surface area contributed by atoms with Crippen LogP contribution >= 0.6 is 11.3 Å². The molecule has 0 saturated heterocycles. The summed E-state index contributed by atoms with van der Waals surface area (Å²) in [6, 6.07) is 5.71. The Labute approximate surface area is 164 Å². The molecule has 1 aromatic heterocycles. The molecule has 6 nitrogen and oxygen atoms in total. The number of benzene rings is 1. The zero-order valence-electron chi connectivity index (χ0n) is 16.4. The van der Waals surface area contributed by atoms with Crippen LogP contribution in [0.25, 0.3) is 0 Å². The molecular formula is C20H27N3O3S. The van der Waals surface area contributed by atoms with Crippen LogP contribution in [0.1, 0.15) is 52.8 Å². The van der Waals surface area contributed by atoms with Gasteiger partial charge in [0.25, 0.3) is 0 Å². The molecule has 2 amide bonds. The summed E-state index contributed by atoms with van der Waals surface area (Å²) >= 11 is 1.36. The lowest BCUT2D eigenvalue weighted by atomic mass is 10.1. The van der Waals surface area contributed by atoms with Gasteiger partial charge in [0.2, 0.25) is 0 Å². The van der Waals surface area contributed by atoms with Crippen molar-refractivity contribution in [2.45, 2.75) is 46.6 Å². The number of ether oxygens (including phenoxy) is 1. The minimum atomic E-state index is -0.463. The molecule has 0 atom stereocenters. The van der Waals surface area contributed by atoms with E-state index < -0.39 is 5.97 Å². The van der Waals surface area contributed by atoms with Crippen molar-refractivity contribution in [1.82, 2.24) is 9.88 Å². The summed E-state index contributed by atoms with van der Waals surface area (Å²) in [6.07, 6.45) is 3.06. The molecule has 1 heterocycles. The molecule has 1 aromatic carbocycles. The van der Waals surface area contributed by atoms with Gasteiger partial charge in [-0.2, -0.15) is 0 Å². The quantitative estimate of drug-likeness (QED) is 0.521. The van der Waals surface area contributed by atoms with Gasteiger partial charge in [0.15, 0.2) is 5.69 Å². The number of carbonyl (C=O) groups is 2. The molecule has 0 aliphatic heterocycles. The topological polar surface area (TPSA) is 71.5 Å². The number of urea groups is 1. The Balaban J connectivity index is 2.09. The lowest BCUT2D eigenvalue weighted by Crippen LogP contribution is -2.35. The first-order chi connectivity index (χ1) is 12.9. The number of anilines is 1. The SMILES string of the molecule is CCCCCN(Cc1nc(C(=O)OC)cs1)C(=O)Nc1ccc(C)c(C)c1. The standard InChI is InChI=1S/C20H27N3O3S/c1-5-6-7-10-23(12-18-22-17(13-27-18)19(24)26-4)20(25)21-16-9-8-14(2)15(3)11-16/h8-9,11,13H,5-7,10,12H2,1-4H3,(H,21,25). The fourth-order valence-electron chi connectivity index (χ4n) is 2.57. The molecule has 0 aliphatic rings. The van der Waals surface area contributed by atoms with Crippen molar-refractivity contribution >= 4 is 29.0 Å². The predicted molar refractivity (Wildman–Crippen MR) is 108 cm³/mol. The minimum absolute atomic E-state index is 0.163. The zero-order valence-corrected chi connectivity index (χ0v) is 17.2. The summed E-state index contributed by atoms with van der Waals surface area (Å²) < 4.78 is 4.69. The predicted octanol–water partition coefficient (Wildman–Crippen LogP) is 4.77. The normalized spacial score (nSPS) is 10.5. The molecule has 0 aliphatic carbocycles.